The minimum Gasteiger partial charge on any atom is -0.493 e. The molecular weight excluding hydrogens is 360 g/mol. The maximum atomic E-state index is 12.9. The molecule has 0 spiro atoms. The fourth-order valence-electron chi connectivity index (χ4n) is 2.83. The highest BCUT2D eigenvalue weighted by atomic mass is 16.5. The van der Waals surface area contributed by atoms with Crippen LogP contribution in [0.2, 0.25) is 0 Å². The van der Waals surface area contributed by atoms with Gasteiger partial charge in [-0.3, -0.25) is 14.4 Å². The first-order valence-electron chi connectivity index (χ1n) is 9.89. The van der Waals surface area contributed by atoms with Crippen molar-refractivity contribution in [2.75, 3.05) is 26.3 Å². The molecule has 2 amide bonds. The van der Waals surface area contributed by atoms with Crippen LogP contribution in [0.5, 0.6) is 5.75 Å². The summed E-state index contributed by atoms with van der Waals surface area (Å²) in [6.45, 7) is 7.77. The first kappa shape index (κ1) is 21.7. The summed E-state index contributed by atoms with van der Waals surface area (Å²) in [6.07, 6.45) is 1.55. The van der Waals surface area contributed by atoms with Crippen LogP contribution in [0.25, 0.3) is 0 Å². The van der Waals surface area contributed by atoms with Crippen molar-refractivity contribution in [1.82, 2.24) is 10.2 Å². The van der Waals surface area contributed by atoms with Crippen molar-refractivity contribution in [2.45, 2.75) is 46.1 Å². The Labute approximate surface area is 166 Å². The molecule has 7 nitrogen and oxygen atoms in total. The van der Waals surface area contributed by atoms with Gasteiger partial charge in [-0.05, 0) is 36.6 Å². The lowest BCUT2D eigenvalue weighted by Gasteiger charge is -2.34. The second kappa shape index (κ2) is 10.7. The third kappa shape index (κ3) is 6.25. The first-order chi connectivity index (χ1) is 13.4. The van der Waals surface area contributed by atoms with E-state index in [4.69, 9.17) is 9.47 Å². The van der Waals surface area contributed by atoms with Gasteiger partial charge in [0.15, 0.2) is 0 Å². The van der Waals surface area contributed by atoms with Gasteiger partial charge in [-0.1, -0.05) is 27.2 Å². The van der Waals surface area contributed by atoms with E-state index in [9.17, 15) is 14.4 Å². The number of carbonyl (C=O) groups is 3. The molecule has 1 atom stereocenters. The number of unbranched alkanes of at least 4 members (excludes halogenated alkanes) is 1. The molecule has 1 aromatic rings. The molecule has 0 bridgehead atoms. The molecule has 1 aromatic carbocycles. The Kier molecular flexibility index (Phi) is 8.29. The third-order valence-electron chi connectivity index (χ3n) is 4.40. The molecule has 0 saturated carbocycles. The SMILES string of the molecule is CCCCOC(=O)C[C@H]1C(=O)NCCN1C(=O)c1ccc(OCC(C)C)cc1. The average Bonchev–Trinajstić information content (AvgIpc) is 2.68. The van der Waals surface area contributed by atoms with Gasteiger partial charge in [-0.25, -0.2) is 0 Å². The normalized spacial score (nSPS) is 16.6. The van der Waals surface area contributed by atoms with Gasteiger partial charge in [0.05, 0.1) is 19.6 Å². The van der Waals surface area contributed by atoms with Gasteiger partial charge < -0.3 is 19.7 Å². The zero-order chi connectivity index (χ0) is 20.5. The van der Waals surface area contributed by atoms with Crippen LogP contribution < -0.4 is 10.1 Å². The van der Waals surface area contributed by atoms with Gasteiger partial charge in [0.1, 0.15) is 11.8 Å². The van der Waals surface area contributed by atoms with Gasteiger partial charge in [-0.15, -0.1) is 0 Å². The molecule has 1 aliphatic rings. The van der Waals surface area contributed by atoms with Crippen LogP contribution in [0, 0.1) is 5.92 Å². The molecule has 1 N–H and O–H groups in total. The Balaban J connectivity index is 2.03. The van der Waals surface area contributed by atoms with Crippen molar-refractivity contribution in [3.63, 3.8) is 0 Å². The molecule has 1 aliphatic heterocycles. The number of ether oxygens (including phenoxy) is 2. The van der Waals surface area contributed by atoms with E-state index >= 15 is 0 Å². The summed E-state index contributed by atoms with van der Waals surface area (Å²) in [6, 6.07) is 6.00. The number of carbonyl (C=O) groups excluding carboxylic acids is 3. The van der Waals surface area contributed by atoms with E-state index in [1.807, 2.05) is 6.92 Å². The summed E-state index contributed by atoms with van der Waals surface area (Å²) < 4.78 is 10.8. The number of nitrogens with one attached hydrogen (secondary N) is 1. The molecule has 7 heteroatoms. The maximum Gasteiger partial charge on any atom is 0.308 e. The molecule has 2 rings (SSSR count). The molecule has 154 valence electrons. The number of amides is 2. The van der Waals surface area contributed by atoms with Crippen molar-refractivity contribution in [3.8, 4) is 5.75 Å². The predicted molar refractivity (Wildman–Crippen MR) is 105 cm³/mol. The van der Waals surface area contributed by atoms with Crippen molar-refractivity contribution < 1.29 is 23.9 Å². The highest BCUT2D eigenvalue weighted by Gasteiger charge is 2.35. The van der Waals surface area contributed by atoms with Crippen molar-refractivity contribution in [3.05, 3.63) is 29.8 Å². The highest BCUT2D eigenvalue weighted by molar-refractivity contribution is 5.99. The Morgan fingerprint density at radius 1 is 1.25 bits per heavy atom. The standard InChI is InChI=1S/C21H30N2O5/c1-4-5-12-27-19(24)13-18-20(25)22-10-11-23(18)21(26)16-6-8-17(9-7-16)28-14-15(2)3/h6-9,15,18H,4-5,10-14H2,1-3H3,(H,22,25)/t18-/m0/s1. The van der Waals surface area contributed by atoms with E-state index in [1.165, 1.54) is 4.90 Å². The summed E-state index contributed by atoms with van der Waals surface area (Å²) in [7, 11) is 0. The van der Waals surface area contributed by atoms with E-state index < -0.39 is 12.0 Å². The van der Waals surface area contributed by atoms with E-state index in [0.29, 0.717) is 43.5 Å². The third-order valence-corrected chi connectivity index (χ3v) is 4.40. The van der Waals surface area contributed by atoms with E-state index in [-0.39, 0.29) is 18.2 Å². The van der Waals surface area contributed by atoms with Gasteiger partial charge in [0, 0.05) is 18.7 Å². The lowest BCUT2D eigenvalue weighted by Crippen LogP contribution is -2.57. The number of benzene rings is 1. The number of esters is 1. The maximum absolute atomic E-state index is 12.9. The smallest absolute Gasteiger partial charge is 0.308 e. The fourth-order valence-corrected chi connectivity index (χ4v) is 2.83. The predicted octanol–water partition coefficient (Wildman–Crippen LogP) is 2.40. The summed E-state index contributed by atoms with van der Waals surface area (Å²) >= 11 is 0. The van der Waals surface area contributed by atoms with E-state index in [2.05, 4.69) is 19.2 Å². The number of rotatable bonds is 9. The van der Waals surface area contributed by atoms with Gasteiger partial charge in [0.2, 0.25) is 5.91 Å². The van der Waals surface area contributed by atoms with Gasteiger partial charge in [0.25, 0.3) is 5.91 Å². The number of hydrogen-bond donors (Lipinski definition) is 1. The molecule has 0 aromatic heterocycles. The Hall–Kier alpha value is -2.57. The average molecular weight is 390 g/mol. The monoisotopic (exact) mass is 390 g/mol. The zero-order valence-corrected chi connectivity index (χ0v) is 16.9. The van der Waals surface area contributed by atoms with Crippen molar-refractivity contribution in [2.24, 2.45) is 5.92 Å². The lowest BCUT2D eigenvalue weighted by atomic mass is 10.1. The molecule has 1 fully saturated rings. The largest absolute Gasteiger partial charge is 0.493 e. The molecule has 0 radical (unpaired) electrons. The van der Waals surface area contributed by atoms with Gasteiger partial charge >= 0.3 is 5.97 Å². The van der Waals surface area contributed by atoms with Crippen LogP contribution in [0.3, 0.4) is 0 Å². The Morgan fingerprint density at radius 2 is 1.96 bits per heavy atom. The van der Waals surface area contributed by atoms with Crippen molar-refractivity contribution in [1.29, 1.82) is 0 Å². The summed E-state index contributed by atoms with van der Waals surface area (Å²) in [5, 5.41) is 2.72. The highest BCUT2D eigenvalue weighted by Crippen LogP contribution is 2.18. The second-order valence-electron chi connectivity index (χ2n) is 7.31. The number of hydrogen-bond acceptors (Lipinski definition) is 5. The Morgan fingerprint density at radius 3 is 2.61 bits per heavy atom. The molecule has 0 aliphatic carbocycles. The minimum atomic E-state index is -0.854. The Bertz CT molecular complexity index is 672. The summed E-state index contributed by atoms with van der Waals surface area (Å²) in [5.41, 5.74) is 0.455. The second-order valence-corrected chi connectivity index (χ2v) is 7.31. The topological polar surface area (TPSA) is 84.9 Å². The van der Waals surface area contributed by atoms with Crippen LogP contribution in [0.1, 0.15) is 50.4 Å². The van der Waals surface area contributed by atoms with Crippen molar-refractivity contribution >= 4 is 17.8 Å². The van der Waals surface area contributed by atoms with Gasteiger partial charge in [-0.2, -0.15) is 0 Å². The summed E-state index contributed by atoms with van der Waals surface area (Å²) in [4.78, 5) is 38.7. The van der Waals surface area contributed by atoms with E-state index in [0.717, 1.165) is 12.8 Å². The summed E-state index contributed by atoms with van der Waals surface area (Å²) in [5.74, 6) is 0.0231. The quantitative estimate of drug-likeness (QED) is 0.517. The zero-order valence-electron chi connectivity index (χ0n) is 16.9. The molecule has 0 unspecified atom stereocenters. The minimum absolute atomic E-state index is 0.142. The van der Waals surface area contributed by atoms with Crippen LogP contribution in [0.15, 0.2) is 24.3 Å². The lowest BCUT2D eigenvalue weighted by molar-refractivity contribution is -0.147. The molecular formula is C21H30N2O5. The first-order valence-corrected chi connectivity index (χ1v) is 9.89. The molecule has 28 heavy (non-hydrogen) atoms. The van der Waals surface area contributed by atoms with Crippen LogP contribution in [-0.4, -0.2) is 55.0 Å². The fraction of sp³-hybridized carbons (Fsp3) is 0.571. The van der Waals surface area contributed by atoms with Crippen LogP contribution in [0.4, 0.5) is 0 Å². The number of nitrogens with zero attached hydrogens (tertiary/aromatic N) is 1. The molecule has 1 saturated heterocycles. The van der Waals surface area contributed by atoms with E-state index in [1.54, 1.807) is 24.3 Å². The number of piperazine rings is 1. The van der Waals surface area contributed by atoms with Crippen LogP contribution in [-0.2, 0) is 14.3 Å². The molecule has 1 heterocycles. The van der Waals surface area contributed by atoms with Crippen LogP contribution >= 0.6 is 0 Å².